The second-order valence-electron chi connectivity index (χ2n) is 5.20. The molecule has 0 saturated carbocycles. The Morgan fingerprint density at radius 1 is 1.47 bits per heavy atom. The molecule has 0 aromatic carbocycles. The van der Waals surface area contributed by atoms with Crippen LogP contribution in [0.1, 0.15) is 26.2 Å². The summed E-state index contributed by atoms with van der Waals surface area (Å²) >= 11 is 0. The largest absolute Gasteiger partial charge is 0.390 e. The fourth-order valence-electron chi connectivity index (χ4n) is 2.28. The van der Waals surface area contributed by atoms with Crippen LogP contribution in [0.2, 0.25) is 0 Å². The summed E-state index contributed by atoms with van der Waals surface area (Å²) < 4.78 is 0. The van der Waals surface area contributed by atoms with Crippen LogP contribution in [0.4, 0.5) is 17.3 Å². The topological polar surface area (TPSA) is 106 Å². The minimum atomic E-state index is -0.680. The Hall–Kier alpha value is -1.89. The van der Waals surface area contributed by atoms with Crippen LogP contribution in [0.15, 0.2) is 12.1 Å². The molecule has 0 aliphatic carbocycles. The fourth-order valence-corrected chi connectivity index (χ4v) is 2.28. The van der Waals surface area contributed by atoms with Crippen molar-refractivity contribution in [3.8, 4) is 0 Å². The van der Waals surface area contributed by atoms with E-state index >= 15 is 0 Å². The summed E-state index contributed by atoms with van der Waals surface area (Å²) in [6.07, 6.45) is 2.14. The zero-order valence-corrected chi connectivity index (χ0v) is 10.9. The number of nitro groups is 1. The van der Waals surface area contributed by atoms with Gasteiger partial charge in [0.15, 0.2) is 0 Å². The molecule has 1 saturated heterocycles. The molecule has 19 heavy (non-hydrogen) atoms. The zero-order chi connectivity index (χ0) is 14.0. The second kappa shape index (κ2) is 5.00. The molecule has 0 radical (unpaired) electrons. The summed E-state index contributed by atoms with van der Waals surface area (Å²) in [7, 11) is 0. The van der Waals surface area contributed by atoms with Crippen molar-refractivity contribution in [1.82, 2.24) is 4.98 Å². The maximum absolute atomic E-state index is 10.8. The highest BCUT2D eigenvalue weighted by Crippen LogP contribution is 2.27. The number of aromatic nitrogens is 1. The molecule has 0 amide bonds. The van der Waals surface area contributed by atoms with Gasteiger partial charge in [-0.25, -0.2) is 4.98 Å². The number of rotatable bonds is 2. The third-order valence-electron chi connectivity index (χ3n) is 3.41. The van der Waals surface area contributed by atoms with E-state index in [4.69, 9.17) is 5.73 Å². The molecule has 1 fully saturated rings. The van der Waals surface area contributed by atoms with Crippen molar-refractivity contribution in [2.45, 2.75) is 31.8 Å². The number of nitrogens with two attached hydrogens (primary N) is 1. The van der Waals surface area contributed by atoms with Gasteiger partial charge in [0.2, 0.25) is 0 Å². The number of aliphatic hydroxyl groups is 1. The molecule has 2 heterocycles. The minimum absolute atomic E-state index is 0.0569. The average Bonchev–Trinajstić information content (AvgIpc) is 2.49. The molecule has 1 unspecified atom stereocenters. The second-order valence-corrected chi connectivity index (χ2v) is 5.20. The van der Waals surface area contributed by atoms with Gasteiger partial charge in [-0.2, -0.15) is 0 Å². The molecule has 104 valence electrons. The SMILES string of the molecule is CC1(O)CCCN(c2cc([N+](=O)[O-])cc(N)n2)CC1. The van der Waals surface area contributed by atoms with Gasteiger partial charge in [0.25, 0.3) is 5.69 Å². The maximum Gasteiger partial charge on any atom is 0.276 e. The zero-order valence-electron chi connectivity index (χ0n) is 10.9. The molecule has 1 aromatic rings. The molecule has 1 aliphatic rings. The van der Waals surface area contributed by atoms with Gasteiger partial charge >= 0.3 is 0 Å². The number of hydrogen-bond donors (Lipinski definition) is 2. The van der Waals surface area contributed by atoms with Crippen LogP contribution >= 0.6 is 0 Å². The highest BCUT2D eigenvalue weighted by Gasteiger charge is 2.26. The maximum atomic E-state index is 10.8. The van der Waals surface area contributed by atoms with Crippen LogP contribution < -0.4 is 10.6 Å². The van der Waals surface area contributed by atoms with Crippen molar-refractivity contribution in [2.75, 3.05) is 23.7 Å². The first-order valence-electron chi connectivity index (χ1n) is 6.27. The first-order chi connectivity index (χ1) is 8.87. The lowest BCUT2D eigenvalue weighted by Crippen LogP contribution is -2.28. The van der Waals surface area contributed by atoms with E-state index in [-0.39, 0.29) is 11.5 Å². The Morgan fingerprint density at radius 3 is 2.89 bits per heavy atom. The number of nitrogens with zero attached hydrogens (tertiary/aromatic N) is 3. The highest BCUT2D eigenvalue weighted by atomic mass is 16.6. The lowest BCUT2D eigenvalue weighted by atomic mass is 9.98. The third-order valence-corrected chi connectivity index (χ3v) is 3.41. The molecule has 1 aromatic heterocycles. The van der Waals surface area contributed by atoms with Crippen molar-refractivity contribution in [2.24, 2.45) is 0 Å². The molecule has 7 nitrogen and oxygen atoms in total. The summed E-state index contributed by atoms with van der Waals surface area (Å²) in [6, 6.07) is 2.67. The lowest BCUT2D eigenvalue weighted by Gasteiger charge is -2.23. The molecule has 2 rings (SSSR count). The Morgan fingerprint density at radius 2 is 2.21 bits per heavy atom. The Bertz CT molecular complexity index is 490. The quantitative estimate of drug-likeness (QED) is 0.617. The first kappa shape index (κ1) is 13.5. The van der Waals surface area contributed by atoms with Crippen LogP contribution in [-0.4, -0.2) is 33.7 Å². The van der Waals surface area contributed by atoms with Gasteiger partial charge in [-0.3, -0.25) is 10.1 Å². The molecule has 0 bridgehead atoms. The molecule has 1 atom stereocenters. The van der Waals surface area contributed by atoms with E-state index in [2.05, 4.69) is 4.98 Å². The van der Waals surface area contributed by atoms with Crippen molar-refractivity contribution in [3.63, 3.8) is 0 Å². The monoisotopic (exact) mass is 266 g/mol. The highest BCUT2D eigenvalue weighted by molar-refractivity contribution is 5.54. The number of hydrogen-bond acceptors (Lipinski definition) is 6. The van der Waals surface area contributed by atoms with Gasteiger partial charge in [0.1, 0.15) is 11.6 Å². The standard InChI is InChI=1S/C12H18N4O3/c1-12(17)3-2-5-15(6-4-12)11-8-9(16(18)19)7-10(13)14-11/h7-8,17H,2-6H2,1H3,(H2,13,14). The number of pyridine rings is 1. The van der Waals surface area contributed by atoms with Crippen molar-refractivity contribution >= 4 is 17.3 Å². The minimum Gasteiger partial charge on any atom is -0.390 e. The van der Waals surface area contributed by atoms with Gasteiger partial charge in [0, 0.05) is 13.1 Å². The Balaban J connectivity index is 2.24. The first-order valence-corrected chi connectivity index (χ1v) is 6.27. The van der Waals surface area contributed by atoms with E-state index in [9.17, 15) is 15.2 Å². The summed E-state index contributed by atoms with van der Waals surface area (Å²) in [5.41, 5.74) is 4.87. The van der Waals surface area contributed by atoms with Crippen LogP contribution in [0.25, 0.3) is 0 Å². The molecule has 7 heteroatoms. The van der Waals surface area contributed by atoms with Crippen molar-refractivity contribution < 1.29 is 10.0 Å². The summed E-state index contributed by atoms with van der Waals surface area (Å²) in [5, 5.41) is 20.9. The van der Waals surface area contributed by atoms with Gasteiger partial charge in [-0.15, -0.1) is 0 Å². The predicted molar refractivity (Wildman–Crippen MR) is 72.0 cm³/mol. The molecule has 1 aliphatic heterocycles. The van der Waals surface area contributed by atoms with E-state index in [0.717, 1.165) is 6.42 Å². The van der Waals surface area contributed by atoms with E-state index in [1.807, 2.05) is 11.8 Å². The van der Waals surface area contributed by atoms with E-state index in [1.165, 1.54) is 12.1 Å². The van der Waals surface area contributed by atoms with E-state index in [1.54, 1.807) is 0 Å². The fraction of sp³-hybridized carbons (Fsp3) is 0.583. The van der Waals surface area contributed by atoms with Gasteiger partial charge < -0.3 is 15.7 Å². The third kappa shape index (κ3) is 3.31. The van der Waals surface area contributed by atoms with Gasteiger partial charge in [-0.1, -0.05) is 0 Å². The average molecular weight is 266 g/mol. The summed E-state index contributed by atoms with van der Waals surface area (Å²) in [6.45, 7) is 3.14. The van der Waals surface area contributed by atoms with Crippen LogP contribution in [0.5, 0.6) is 0 Å². The molecular formula is C12H18N4O3. The van der Waals surface area contributed by atoms with Gasteiger partial charge in [0.05, 0.1) is 22.7 Å². The van der Waals surface area contributed by atoms with Crippen molar-refractivity contribution in [1.29, 1.82) is 0 Å². The van der Waals surface area contributed by atoms with Crippen LogP contribution in [0, 0.1) is 10.1 Å². The summed E-state index contributed by atoms with van der Waals surface area (Å²) in [5.74, 6) is 0.643. The van der Waals surface area contributed by atoms with Crippen LogP contribution in [-0.2, 0) is 0 Å². The summed E-state index contributed by atoms with van der Waals surface area (Å²) in [4.78, 5) is 16.4. The van der Waals surface area contributed by atoms with E-state index < -0.39 is 10.5 Å². The van der Waals surface area contributed by atoms with E-state index in [0.29, 0.717) is 31.7 Å². The Kier molecular flexibility index (Phi) is 3.57. The van der Waals surface area contributed by atoms with Crippen LogP contribution in [0.3, 0.4) is 0 Å². The number of anilines is 2. The van der Waals surface area contributed by atoms with Gasteiger partial charge in [-0.05, 0) is 26.2 Å². The number of nitrogen functional groups attached to an aromatic ring is 1. The predicted octanol–water partition coefficient (Wildman–Crippen LogP) is 1.31. The molecular weight excluding hydrogens is 248 g/mol. The molecule has 0 spiro atoms. The normalized spacial score (nSPS) is 24.0. The Labute approximate surface area is 111 Å². The molecule has 3 N–H and O–H groups in total. The lowest BCUT2D eigenvalue weighted by molar-refractivity contribution is -0.384. The smallest absolute Gasteiger partial charge is 0.276 e. The van der Waals surface area contributed by atoms with Crippen molar-refractivity contribution in [3.05, 3.63) is 22.2 Å².